The molecule has 0 radical (unpaired) electrons. The maximum atomic E-state index is 13.6. The number of carbonyl (C=O) groups excluding carboxylic acids is 4. The van der Waals surface area contributed by atoms with E-state index in [1.54, 1.807) is 31.2 Å². The molecule has 4 bridgehead atoms. The smallest absolute Gasteiger partial charge is 0.330 e. The molecule has 4 aliphatic rings. The average Bonchev–Trinajstić information content (AvgIpc) is 3.34. The molecule has 48 heavy (non-hydrogen) atoms. The Morgan fingerprint density at radius 2 is 1.77 bits per heavy atom. The lowest BCUT2D eigenvalue weighted by Crippen LogP contribution is -2.65. The standard InChI is InChI=1S/C37H44N4O7/c1-23-25-10-5-7-13-28(25)48-31(23)33(45)38-26(11-6-8-14-30(43)47-4)32(44)39-27-12-9-15-41(34(27)46)19-29(42)40-37-18-24-16-35(2,21-37)20-36(3,17-24)22-37/h5,7-10,12-15,24,26H,6,11,16-22H2,1-4H3,(H,38,45)(H,39,44)(H,40,42)/b14-8+/t24?,26-,35?,36?,37?/m0/s1. The normalized spacial score (nSPS) is 26.4. The van der Waals surface area contributed by atoms with Crippen molar-refractivity contribution < 1.29 is 28.3 Å². The third-order valence-electron chi connectivity index (χ3n) is 10.4. The van der Waals surface area contributed by atoms with Gasteiger partial charge in [-0.2, -0.15) is 0 Å². The van der Waals surface area contributed by atoms with Crippen molar-refractivity contribution in [3.8, 4) is 0 Å². The van der Waals surface area contributed by atoms with E-state index in [0.717, 1.165) is 24.6 Å². The van der Waals surface area contributed by atoms with E-state index in [4.69, 9.17) is 4.42 Å². The van der Waals surface area contributed by atoms with Crippen LogP contribution in [0.5, 0.6) is 0 Å². The Bertz CT molecular complexity index is 1840. The Hall–Kier alpha value is -4.67. The molecular weight excluding hydrogens is 612 g/mol. The second-order valence-corrected chi connectivity index (χ2v) is 14.9. The summed E-state index contributed by atoms with van der Waals surface area (Å²) in [5.74, 6) is -1.29. The average molecular weight is 657 g/mol. The first-order valence-electron chi connectivity index (χ1n) is 16.6. The number of anilines is 1. The lowest BCUT2D eigenvalue weighted by Gasteiger charge is -2.65. The van der Waals surface area contributed by atoms with Gasteiger partial charge < -0.3 is 29.7 Å². The molecule has 3 aromatic rings. The van der Waals surface area contributed by atoms with Crippen molar-refractivity contribution >= 4 is 40.3 Å². The number of nitrogens with zero attached hydrogens (tertiary/aromatic N) is 1. The predicted octanol–water partition coefficient (Wildman–Crippen LogP) is 5.01. The largest absolute Gasteiger partial charge is 0.466 e. The Labute approximate surface area is 279 Å². The van der Waals surface area contributed by atoms with Gasteiger partial charge in [-0.1, -0.05) is 38.1 Å². The number of aryl methyl sites for hydroxylation is 1. The Balaban J connectivity index is 1.15. The van der Waals surface area contributed by atoms with Crippen LogP contribution in [0.15, 0.2) is 64.0 Å². The number of hydrogen-bond acceptors (Lipinski definition) is 7. The van der Waals surface area contributed by atoms with E-state index in [2.05, 4.69) is 34.5 Å². The van der Waals surface area contributed by atoms with E-state index in [0.29, 0.717) is 17.1 Å². The minimum atomic E-state index is -1.08. The van der Waals surface area contributed by atoms with Crippen LogP contribution in [0.25, 0.3) is 11.0 Å². The number of carbonyl (C=O) groups is 4. The zero-order chi connectivity index (χ0) is 34.3. The maximum absolute atomic E-state index is 13.6. The molecule has 11 nitrogen and oxygen atoms in total. The number of methoxy groups -OCH3 is 1. The van der Waals surface area contributed by atoms with Crippen LogP contribution < -0.4 is 21.5 Å². The summed E-state index contributed by atoms with van der Waals surface area (Å²) in [6, 6.07) is 9.23. The summed E-state index contributed by atoms with van der Waals surface area (Å²) in [7, 11) is 1.26. The number of furan rings is 1. The first kappa shape index (κ1) is 33.2. The minimum absolute atomic E-state index is 0.0191. The van der Waals surface area contributed by atoms with Gasteiger partial charge in [0.1, 0.15) is 23.9 Å². The molecule has 3 N–H and O–H groups in total. The molecule has 11 heteroatoms. The molecule has 4 saturated carbocycles. The molecule has 2 unspecified atom stereocenters. The van der Waals surface area contributed by atoms with E-state index < -0.39 is 29.4 Å². The topological polar surface area (TPSA) is 149 Å². The van der Waals surface area contributed by atoms with Gasteiger partial charge in [0.25, 0.3) is 11.5 Å². The first-order valence-corrected chi connectivity index (χ1v) is 16.6. The number of nitrogens with one attached hydrogen (secondary N) is 3. The molecule has 1 aromatic carbocycles. The molecule has 3 atom stereocenters. The highest BCUT2D eigenvalue weighted by molar-refractivity contribution is 6.03. The second kappa shape index (κ2) is 12.7. The van der Waals surface area contributed by atoms with Crippen molar-refractivity contribution in [2.75, 3.05) is 12.4 Å². The third kappa shape index (κ3) is 6.81. The van der Waals surface area contributed by atoms with Gasteiger partial charge in [-0.15, -0.1) is 0 Å². The van der Waals surface area contributed by atoms with Crippen LogP contribution in [0.4, 0.5) is 5.69 Å². The first-order chi connectivity index (χ1) is 22.8. The van der Waals surface area contributed by atoms with Crippen molar-refractivity contribution in [3.63, 3.8) is 0 Å². The lowest BCUT2D eigenvalue weighted by molar-refractivity contribution is -0.140. The van der Waals surface area contributed by atoms with Crippen LogP contribution >= 0.6 is 0 Å². The minimum Gasteiger partial charge on any atom is -0.466 e. The summed E-state index contributed by atoms with van der Waals surface area (Å²) in [5.41, 5.74) is 0.834. The molecule has 0 spiro atoms. The summed E-state index contributed by atoms with van der Waals surface area (Å²) in [6.45, 7) is 6.28. The molecule has 2 aromatic heterocycles. The van der Waals surface area contributed by atoms with Gasteiger partial charge in [-0.25, -0.2) is 4.79 Å². The van der Waals surface area contributed by atoms with Gasteiger partial charge in [0.2, 0.25) is 11.8 Å². The molecule has 4 aliphatic carbocycles. The number of hydrogen-bond donors (Lipinski definition) is 3. The van der Waals surface area contributed by atoms with E-state index in [1.807, 2.05) is 12.1 Å². The monoisotopic (exact) mass is 656 g/mol. The number of fused-ring (bicyclic) bond motifs is 1. The molecular formula is C37H44N4O7. The van der Waals surface area contributed by atoms with Crippen LogP contribution in [-0.4, -0.2) is 46.9 Å². The van der Waals surface area contributed by atoms with E-state index in [9.17, 15) is 24.0 Å². The van der Waals surface area contributed by atoms with Crippen molar-refractivity contribution in [2.45, 2.75) is 90.3 Å². The number of ether oxygens (including phenoxy) is 1. The number of allylic oxidation sites excluding steroid dienone is 1. The van der Waals surface area contributed by atoms with Crippen LogP contribution in [0.3, 0.4) is 0 Å². The summed E-state index contributed by atoms with van der Waals surface area (Å²) in [4.78, 5) is 65.4. The quantitative estimate of drug-likeness (QED) is 0.194. The van der Waals surface area contributed by atoms with Crippen LogP contribution in [0.2, 0.25) is 0 Å². The Kier molecular flexibility index (Phi) is 8.82. The highest BCUT2D eigenvalue weighted by Crippen LogP contribution is 2.66. The second-order valence-electron chi connectivity index (χ2n) is 14.9. The van der Waals surface area contributed by atoms with E-state index in [-0.39, 0.29) is 53.1 Å². The number of amides is 3. The van der Waals surface area contributed by atoms with E-state index in [1.165, 1.54) is 49.3 Å². The fourth-order valence-electron chi connectivity index (χ4n) is 9.45. The van der Waals surface area contributed by atoms with Crippen molar-refractivity contribution in [1.29, 1.82) is 0 Å². The highest BCUT2D eigenvalue weighted by atomic mass is 16.5. The van der Waals surface area contributed by atoms with Crippen molar-refractivity contribution in [3.05, 3.63) is 76.4 Å². The van der Waals surface area contributed by atoms with Gasteiger partial charge >= 0.3 is 5.97 Å². The molecule has 3 amide bonds. The maximum Gasteiger partial charge on any atom is 0.330 e. The number of aromatic nitrogens is 1. The van der Waals surface area contributed by atoms with Gasteiger partial charge in [0, 0.05) is 28.8 Å². The van der Waals surface area contributed by atoms with Crippen LogP contribution in [0.1, 0.15) is 81.3 Å². The summed E-state index contributed by atoms with van der Waals surface area (Å²) >= 11 is 0. The third-order valence-corrected chi connectivity index (χ3v) is 10.4. The summed E-state index contributed by atoms with van der Waals surface area (Å²) in [6.07, 6.45) is 11.2. The SMILES string of the molecule is COC(=O)/C=C/CC[C@H](NC(=O)c1oc2ccccc2c1C)C(=O)Nc1cccn(CC(=O)NC23CC4CC(C)(CC(C)(C4)C2)C3)c1=O. The number of benzene rings is 1. The van der Waals surface area contributed by atoms with Crippen LogP contribution in [-0.2, 0) is 25.7 Å². The molecule has 4 fully saturated rings. The Morgan fingerprint density at radius 3 is 2.46 bits per heavy atom. The van der Waals surface area contributed by atoms with Gasteiger partial charge in [0.15, 0.2) is 5.76 Å². The molecule has 0 aliphatic heterocycles. The molecule has 254 valence electrons. The fraction of sp³-hybridized carbons (Fsp3) is 0.486. The van der Waals surface area contributed by atoms with Crippen molar-refractivity contribution in [1.82, 2.24) is 15.2 Å². The number of rotatable bonds is 11. The van der Waals surface area contributed by atoms with Crippen LogP contribution in [0, 0.1) is 23.7 Å². The predicted molar refractivity (Wildman–Crippen MR) is 180 cm³/mol. The zero-order valence-corrected chi connectivity index (χ0v) is 28.0. The van der Waals surface area contributed by atoms with Crippen molar-refractivity contribution in [2.24, 2.45) is 16.7 Å². The highest BCUT2D eigenvalue weighted by Gasteiger charge is 2.60. The van der Waals surface area contributed by atoms with Gasteiger partial charge in [0.05, 0.1) is 7.11 Å². The molecule has 7 rings (SSSR count). The number of para-hydroxylation sites is 1. The summed E-state index contributed by atoms with van der Waals surface area (Å²) < 4.78 is 11.7. The zero-order valence-electron chi connectivity index (χ0n) is 28.0. The molecule has 0 saturated heterocycles. The van der Waals surface area contributed by atoms with E-state index >= 15 is 0 Å². The van der Waals surface area contributed by atoms with Gasteiger partial charge in [-0.05, 0) is 93.2 Å². The fourth-order valence-corrected chi connectivity index (χ4v) is 9.45. The molecule has 2 heterocycles. The Morgan fingerprint density at radius 1 is 1.04 bits per heavy atom. The summed E-state index contributed by atoms with van der Waals surface area (Å²) in [5, 5.41) is 9.51. The lowest BCUT2D eigenvalue weighted by atomic mass is 9.43. The number of esters is 1. The van der Waals surface area contributed by atoms with Gasteiger partial charge in [-0.3, -0.25) is 19.2 Å². The number of pyridine rings is 1.